The summed E-state index contributed by atoms with van der Waals surface area (Å²) in [6, 6.07) is 6.12. The molecule has 126 valence electrons. The van der Waals surface area contributed by atoms with Crippen LogP contribution in [0.2, 0.25) is 10.0 Å². The molecule has 2 amide bonds. The lowest BCUT2D eigenvalue weighted by atomic mass is 10.1. The van der Waals surface area contributed by atoms with Crippen LogP contribution in [0.1, 0.15) is 23.7 Å². The number of halogens is 2. The van der Waals surface area contributed by atoms with E-state index in [0.29, 0.717) is 21.6 Å². The zero-order valence-corrected chi connectivity index (χ0v) is 14.5. The third kappa shape index (κ3) is 4.37. The van der Waals surface area contributed by atoms with Gasteiger partial charge >= 0.3 is 0 Å². The Kier molecular flexibility index (Phi) is 6.00. The Hall–Kier alpha value is -2.31. The van der Waals surface area contributed by atoms with E-state index in [1.807, 2.05) is 0 Å². The van der Waals surface area contributed by atoms with Crippen molar-refractivity contribution in [1.29, 1.82) is 0 Å². The van der Waals surface area contributed by atoms with E-state index in [1.54, 1.807) is 19.1 Å². The van der Waals surface area contributed by atoms with Gasteiger partial charge in [-0.2, -0.15) is 0 Å². The normalized spacial score (nSPS) is 10.2. The molecule has 24 heavy (non-hydrogen) atoms. The van der Waals surface area contributed by atoms with Crippen LogP contribution in [0.3, 0.4) is 0 Å². The monoisotopic (exact) mass is 367 g/mol. The predicted octanol–water partition coefficient (Wildman–Crippen LogP) is 4.00. The molecule has 8 heteroatoms. The fourth-order valence-corrected chi connectivity index (χ4v) is 2.23. The molecule has 0 aliphatic heterocycles. The van der Waals surface area contributed by atoms with E-state index in [9.17, 15) is 9.59 Å². The molecule has 2 aromatic rings. The van der Waals surface area contributed by atoms with Gasteiger partial charge in [-0.3, -0.25) is 9.59 Å². The van der Waals surface area contributed by atoms with Gasteiger partial charge < -0.3 is 15.4 Å². The van der Waals surface area contributed by atoms with Crippen molar-refractivity contribution >= 4 is 46.5 Å². The molecule has 0 atom stereocenters. The van der Waals surface area contributed by atoms with Crippen molar-refractivity contribution in [3.05, 3.63) is 46.1 Å². The fraction of sp³-hybridized carbons (Fsp3) is 0.188. The zero-order chi connectivity index (χ0) is 17.7. The number of benzene rings is 1. The second-order valence-corrected chi connectivity index (χ2v) is 5.62. The van der Waals surface area contributed by atoms with Crippen LogP contribution in [0.5, 0.6) is 5.75 Å². The smallest absolute Gasteiger partial charge is 0.259 e. The molecule has 0 aliphatic carbocycles. The molecule has 0 spiro atoms. The molecule has 6 nitrogen and oxygen atoms in total. The van der Waals surface area contributed by atoms with Crippen LogP contribution >= 0.6 is 23.2 Å². The number of nitrogens with one attached hydrogen (secondary N) is 2. The lowest BCUT2D eigenvalue weighted by molar-refractivity contribution is -0.115. The van der Waals surface area contributed by atoms with Gasteiger partial charge in [-0.05, 0) is 18.2 Å². The van der Waals surface area contributed by atoms with Gasteiger partial charge in [0, 0.05) is 23.7 Å². The van der Waals surface area contributed by atoms with Crippen molar-refractivity contribution in [2.75, 3.05) is 17.7 Å². The van der Waals surface area contributed by atoms with Crippen molar-refractivity contribution < 1.29 is 14.3 Å². The Morgan fingerprint density at radius 2 is 1.92 bits per heavy atom. The number of ether oxygens (including phenoxy) is 1. The number of pyridine rings is 1. The number of carbonyl (C=O) groups is 2. The Balaban J connectivity index is 2.39. The van der Waals surface area contributed by atoms with Gasteiger partial charge in [0.2, 0.25) is 5.91 Å². The van der Waals surface area contributed by atoms with Crippen molar-refractivity contribution in [2.24, 2.45) is 0 Å². The van der Waals surface area contributed by atoms with Crippen molar-refractivity contribution in [3.8, 4) is 5.75 Å². The number of amides is 2. The van der Waals surface area contributed by atoms with Crippen LogP contribution in [0.4, 0.5) is 11.5 Å². The van der Waals surface area contributed by atoms with Gasteiger partial charge in [0.15, 0.2) is 0 Å². The number of hydrogen-bond donors (Lipinski definition) is 2. The van der Waals surface area contributed by atoms with Gasteiger partial charge in [-0.15, -0.1) is 0 Å². The average molecular weight is 368 g/mol. The number of rotatable bonds is 5. The van der Waals surface area contributed by atoms with E-state index in [0.717, 1.165) is 0 Å². The van der Waals surface area contributed by atoms with Gasteiger partial charge in [-0.1, -0.05) is 30.1 Å². The third-order valence-electron chi connectivity index (χ3n) is 3.09. The van der Waals surface area contributed by atoms with E-state index in [4.69, 9.17) is 27.9 Å². The van der Waals surface area contributed by atoms with Gasteiger partial charge in [0.05, 0.1) is 23.4 Å². The fourth-order valence-electron chi connectivity index (χ4n) is 1.91. The number of methoxy groups -OCH3 is 1. The molecule has 0 bridgehead atoms. The highest BCUT2D eigenvalue weighted by Crippen LogP contribution is 2.33. The summed E-state index contributed by atoms with van der Waals surface area (Å²) < 4.78 is 5.22. The lowest BCUT2D eigenvalue weighted by Crippen LogP contribution is -2.19. The summed E-state index contributed by atoms with van der Waals surface area (Å²) in [5, 5.41) is 6.03. The van der Waals surface area contributed by atoms with Crippen LogP contribution in [-0.2, 0) is 4.79 Å². The molecular weight excluding hydrogens is 353 g/mol. The first-order chi connectivity index (χ1) is 11.4. The summed E-state index contributed by atoms with van der Waals surface area (Å²) in [4.78, 5) is 28.3. The highest BCUT2D eigenvalue weighted by Gasteiger charge is 2.19. The summed E-state index contributed by atoms with van der Waals surface area (Å²) in [6.45, 7) is 1.70. The molecule has 2 rings (SSSR count). The Bertz CT molecular complexity index is 764. The van der Waals surface area contributed by atoms with E-state index in [-0.39, 0.29) is 23.6 Å². The Labute approximate surface area is 149 Å². The summed E-state index contributed by atoms with van der Waals surface area (Å²) in [6.07, 6.45) is 1.67. The van der Waals surface area contributed by atoms with Crippen molar-refractivity contribution in [2.45, 2.75) is 13.3 Å². The first-order valence-electron chi connectivity index (χ1n) is 7.05. The number of hydrogen-bond acceptors (Lipinski definition) is 4. The Morgan fingerprint density at radius 1 is 1.17 bits per heavy atom. The van der Waals surface area contributed by atoms with E-state index < -0.39 is 5.91 Å². The minimum absolute atomic E-state index is 0.165. The Morgan fingerprint density at radius 3 is 2.50 bits per heavy atom. The molecule has 0 aliphatic rings. The minimum atomic E-state index is -0.489. The number of anilines is 2. The summed E-state index contributed by atoms with van der Waals surface area (Å²) in [7, 11) is 1.43. The number of carbonyl (C=O) groups excluding carboxylic acids is 2. The first kappa shape index (κ1) is 18.0. The standard InChI is InChI=1S/C16H15Cl2N3O3/c1-3-14(22)21-15-11(6-10(18)7-12(15)24-2)16(23)20-13-5-4-9(17)8-19-13/h4-8H,3H2,1-2H3,(H,21,22)(H,19,20,23). The molecule has 1 heterocycles. The molecule has 0 saturated heterocycles. The molecule has 1 aromatic carbocycles. The van der Waals surface area contributed by atoms with Gasteiger partial charge in [0.1, 0.15) is 11.6 Å². The molecule has 2 N–H and O–H groups in total. The first-order valence-corrected chi connectivity index (χ1v) is 7.80. The maximum absolute atomic E-state index is 12.6. The molecule has 0 unspecified atom stereocenters. The molecule has 0 radical (unpaired) electrons. The van der Waals surface area contributed by atoms with Gasteiger partial charge in [0.25, 0.3) is 5.91 Å². The third-order valence-corrected chi connectivity index (χ3v) is 3.53. The van der Waals surface area contributed by atoms with Crippen LogP contribution in [0.25, 0.3) is 0 Å². The second-order valence-electron chi connectivity index (χ2n) is 4.75. The van der Waals surface area contributed by atoms with Crippen molar-refractivity contribution in [1.82, 2.24) is 4.98 Å². The zero-order valence-electron chi connectivity index (χ0n) is 13.0. The second kappa shape index (κ2) is 7.99. The topological polar surface area (TPSA) is 80.3 Å². The van der Waals surface area contributed by atoms with Crippen LogP contribution in [-0.4, -0.2) is 23.9 Å². The number of nitrogens with zero attached hydrogens (tertiary/aromatic N) is 1. The molecule has 0 fully saturated rings. The quantitative estimate of drug-likeness (QED) is 0.836. The minimum Gasteiger partial charge on any atom is -0.494 e. The van der Waals surface area contributed by atoms with Crippen LogP contribution in [0.15, 0.2) is 30.5 Å². The van der Waals surface area contributed by atoms with Gasteiger partial charge in [-0.25, -0.2) is 4.98 Å². The van der Waals surface area contributed by atoms with Crippen LogP contribution in [0, 0.1) is 0 Å². The molecule has 0 saturated carbocycles. The summed E-state index contributed by atoms with van der Waals surface area (Å²) in [5.74, 6) is -0.138. The van der Waals surface area contributed by atoms with E-state index in [1.165, 1.54) is 25.4 Å². The summed E-state index contributed by atoms with van der Waals surface area (Å²) in [5.41, 5.74) is 0.415. The maximum Gasteiger partial charge on any atom is 0.259 e. The molecule has 1 aromatic heterocycles. The van der Waals surface area contributed by atoms with E-state index in [2.05, 4.69) is 15.6 Å². The summed E-state index contributed by atoms with van der Waals surface area (Å²) >= 11 is 11.8. The van der Waals surface area contributed by atoms with E-state index >= 15 is 0 Å². The highest BCUT2D eigenvalue weighted by molar-refractivity contribution is 6.31. The SMILES string of the molecule is CCC(=O)Nc1c(OC)cc(Cl)cc1C(=O)Nc1ccc(Cl)cn1. The lowest BCUT2D eigenvalue weighted by Gasteiger charge is -2.15. The largest absolute Gasteiger partial charge is 0.494 e. The predicted molar refractivity (Wildman–Crippen MR) is 94.1 cm³/mol. The highest BCUT2D eigenvalue weighted by atomic mass is 35.5. The van der Waals surface area contributed by atoms with Crippen LogP contribution < -0.4 is 15.4 Å². The number of aromatic nitrogens is 1. The molecular formula is C16H15Cl2N3O3. The van der Waals surface area contributed by atoms with Crippen molar-refractivity contribution in [3.63, 3.8) is 0 Å². The average Bonchev–Trinajstić information content (AvgIpc) is 2.57. The maximum atomic E-state index is 12.6.